The molecule has 0 spiro atoms. The molecule has 0 rings (SSSR count). The van der Waals surface area contributed by atoms with E-state index in [2.05, 4.69) is 20.8 Å². The Hall–Kier alpha value is 0.607. The number of nitrogens with zero attached hydrogens (tertiary/aromatic N) is 1. The van der Waals surface area contributed by atoms with Gasteiger partial charge in [0, 0.05) is 0 Å². The van der Waals surface area contributed by atoms with Gasteiger partial charge in [-0.05, 0) is 0 Å². The van der Waals surface area contributed by atoms with E-state index in [1.165, 1.54) is 0 Å². The van der Waals surface area contributed by atoms with Gasteiger partial charge in [-0.3, -0.25) is 0 Å². The molecule has 1 nitrogen and oxygen atoms in total. The zero-order valence-electron chi connectivity index (χ0n) is 5.53. The van der Waals surface area contributed by atoms with Crippen LogP contribution in [-0.2, 0) is 17.1 Å². The van der Waals surface area contributed by atoms with E-state index in [4.69, 9.17) is 11.8 Å². The third-order valence-electron chi connectivity index (χ3n) is 0. The van der Waals surface area contributed by atoms with Crippen molar-refractivity contribution >= 4 is 0 Å². The second-order valence-electron chi connectivity index (χ2n) is 1.39. The van der Waals surface area contributed by atoms with Crippen LogP contribution in [-0.4, -0.2) is 0 Å². The fourth-order valence-corrected chi connectivity index (χ4v) is 0. The normalized spacial score (nSPS) is 4.75. The van der Waals surface area contributed by atoms with Crippen LogP contribution in [0.3, 0.4) is 0 Å². The largest absolute Gasteiger partial charge is 1.00 e. The van der Waals surface area contributed by atoms with Gasteiger partial charge in [0.2, 0.25) is 0 Å². The Balaban J connectivity index is -0.0000000183. The van der Waals surface area contributed by atoms with Crippen LogP contribution in [0, 0.1) is 24.7 Å². The summed E-state index contributed by atoms with van der Waals surface area (Å²) in [5, 5.41) is 6.25. The number of hydrogen-bond donors (Lipinski definition) is 0. The first kappa shape index (κ1) is 23.5. The molecule has 3 heteroatoms. The molecule has 0 saturated heterocycles. The molecule has 0 saturated carbocycles. The van der Waals surface area contributed by atoms with Gasteiger partial charge < -0.3 is 18.8 Å². The summed E-state index contributed by atoms with van der Waals surface area (Å²) < 4.78 is 0. The van der Waals surface area contributed by atoms with E-state index < -0.39 is 0 Å². The third kappa shape index (κ3) is 564. The fraction of sp³-hybridized carbons (Fsp3) is 0.600. The average Bonchev–Trinajstić information content (AvgIpc) is 1.41. The van der Waals surface area contributed by atoms with Gasteiger partial charge in [-0.25, -0.2) is 0 Å². The van der Waals surface area contributed by atoms with Gasteiger partial charge in [0.1, 0.15) is 0 Å². The molecule has 0 aromatic heterocycles. The van der Waals surface area contributed by atoms with Crippen molar-refractivity contribution in [2.24, 2.45) is 5.92 Å². The summed E-state index contributed by atoms with van der Waals surface area (Å²) in [4.78, 5) is 0. The molecule has 0 aromatic carbocycles. The zero-order chi connectivity index (χ0) is 5.58. The minimum absolute atomic E-state index is 0. The van der Waals surface area contributed by atoms with Crippen molar-refractivity contribution in [2.45, 2.75) is 13.8 Å². The van der Waals surface area contributed by atoms with E-state index in [0.29, 0.717) is 5.92 Å². The molecule has 0 amide bonds. The molecule has 0 aromatic rings. The van der Waals surface area contributed by atoms with Crippen molar-refractivity contribution in [3.63, 3.8) is 0 Å². The Morgan fingerprint density at radius 3 is 1.38 bits per heavy atom. The second-order valence-corrected chi connectivity index (χ2v) is 1.39. The molecule has 46 valence electrons. The van der Waals surface area contributed by atoms with Crippen molar-refractivity contribution < 1.29 is 35.9 Å². The topological polar surface area (TPSA) is 23.8 Å². The monoisotopic (exact) mass is 153 g/mol. The number of hydrogen-bond acceptors (Lipinski definition) is 1. The van der Waals surface area contributed by atoms with Crippen LogP contribution < -0.4 is 18.9 Å². The molecule has 0 aliphatic heterocycles. The molecule has 0 radical (unpaired) electrons. The van der Waals surface area contributed by atoms with E-state index in [1.807, 2.05) is 0 Å². The van der Waals surface area contributed by atoms with Crippen molar-refractivity contribution in [3.8, 4) is 0 Å². The first-order chi connectivity index (χ1) is 2.73. The summed E-state index contributed by atoms with van der Waals surface area (Å²) in [5.41, 5.74) is 0. The summed E-state index contributed by atoms with van der Waals surface area (Å²) in [5.74, 6) is 0.583. The minimum Gasteiger partial charge on any atom is -0.512 e. The fourth-order valence-electron chi connectivity index (χ4n) is 0. The van der Waals surface area contributed by atoms with Crippen LogP contribution in [0.1, 0.15) is 13.8 Å². The van der Waals surface area contributed by atoms with E-state index in [-0.39, 0.29) is 35.9 Å². The van der Waals surface area contributed by atoms with Gasteiger partial charge in [0.15, 0.2) is 0 Å². The Morgan fingerprint density at radius 1 is 1.38 bits per heavy atom. The number of rotatable bonds is 0. The second kappa shape index (κ2) is 25.5. The first-order valence-corrected chi connectivity index (χ1v) is 1.79. The maximum atomic E-state index is 6.25. The van der Waals surface area contributed by atoms with Crippen LogP contribution in [0.5, 0.6) is 0 Å². The molecule has 0 unspecified atom stereocenters. The van der Waals surface area contributed by atoms with E-state index in [0.717, 1.165) is 0 Å². The molecular weight excluding hydrogens is 145 g/mol. The van der Waals surface area contributed by atoms with Gasteiger partial charge in [0.25, 0.3) is 0 Å². The van der Waals surface area contributed by atoms with E-state index in [1.54, 1.807) is 0 Å². The standard InChI is InChI=1S/C4H9.CN.Cu.Li/c1-4(2)3;1-2;;/h4H,1H2,2-3H3;;;/q2*-1;2*+1. The Morgan fingerprint density at radius 2 is 1.38 bits per heavy atom. The quantitative estimate of drug-likeness (QED) is 0.310. The summed E-state index contributed by atoms with van der Waals surface area (Å²) in [7, 11) is 0. The van der Waals surface area contributed by atoms with E-state index >= 15 is 0 Å². The Bertz CT molecular complexity index is 33.9. The molecule has 0 aliphatic carbocycles. The molecular formula is C5H9CuLiN. The molecule has 0 bridgehead atoms. The van der Waals surface area contributed by atoms with Crippen molar-refractivity contribution in [2.75, 3.05) is 0 Å². The third-order valence-corrected chi connectivity index (χ3v) is 0. The van der Waals surface area contributed by atoms with Crippen LogP contribution in [0.4, 0.5) is 0 Å². The maximum Gasteiger partial charge on any atom is 1.00 e. The van der Waals surface area contributed by atoms with Gasteiger partial charge in [0.05, 0.1) is 0 Å². The molecule has 0 atom stereocenters. The van der Waals surface area contributed by atoms with Gasteiger partial charge >= 0.3 is 35.9 Å². The molecule has 0 N–H and O–H groups in total. The molecule has 0 fully saturated rings. The molecule has 0 aliphatic rings. The Kier molecular flexibility index (Phi) is 74.9. The van der Waals surface area contributed by atoms with Crippen LogP contribution in [0.2, 0.25) is 0 Å². The van der Waals surface area contributed by atoms with Crippen LogP contribution in [0.25, 0.3) is 0 Å². The predicted molar refractivity (Wildman–Crippen MR) is 25.2 cm³/mol. The Labute approximate surface area is 74.5 Å². The van der Waals surface area contributed by atoms with Crippen LogP contribution in [0.15, 0.2) is 0 Å². The summed E-state index contributed by atoms with van der Waals surface area (Å²) in [6, 6.07) is 0. The maximum absolute atomic E-state index is 6.25. The first-order valence-electron chi connectivity index (χ1n) is 1.79. The zero-order valence-corrected chi connectivity index (χ0v) is 6.47. The van der Waals surface area contributed by atoms with Gasteiger partial charge in [-0.2, -0.15) is 5.92 Å². The summed E-state index contributed by atoms with van der Waals surface area (Å²) in [6.07, 6.45) is 0. The SMILES string of the molecule is [C-]#N.[CH2-]C(C)C.[Cu+].[Li+]. The summed E-state index contributed by atoms with van der Waals surface area (Å²) in [6.45, 7) is 12.5. The van der Waals surface area contributed by atoms with E-state index in [9.17, 15) is 0 Å². The summed E-state index contributed by atoms with van der Waals surface area (Å²) >= 11 is 0. The van der Waals surface area contributed by atoms with Crippen molar-refractivity contribution in [1.82, 2.24) is 0 Å². The van der Waals surface area contributed by atoms with Crippen LogP contribution >= 0.6 is 0 Å². The average molecular weight is 154 g/mol. The minimum atomic E-state index is 0. The predicted octanol–water partition coefficient (Wildman–Crippen LogP) is -1.43. The van der Waals surface area contributed by atoms with Gasteiger partial charge in [-0.1, -0.05) is 13.8 Å². The van der Waals surface area contributed by atoms with Gasteiger partial charge in [-0.15, -0.1) is 0 Å². The van der Waals surface area contributed by atoms with Crippen molar-refractivity contribution in [3.05, 3.63) is 13.5 Å². The molecule has 0 heterocycles. The smallest absolute Gasteiger partial charge is 0.512 e. The molecule has 8 heavy (non-hydrogen) atoms. The van der Waals surface area contributed by atoms with Crippen molar-refractivity contribution in [1.29, 1.82) is 5.26 Å².